The Hall–Kier alpha value is -1.62. The van der Waals surface area contributed by atoms with E-state index < -0.39 is 17.8 Å². The third-order valence-corrected chi connectivity index (χ3v) is 2.29. The quantitative estimate of drug-likeness (QED) is 0.752. The third kappa shape index (κ3) is 2.70. The number of hydrogen-bond acceptors (Lipinski definition) is 4. The second kappa shape index (κ2) is 4.94. The Morgan fingerprint density at radius 2 is 2.25 bits per heavy atom. The van der Waals surface area contributed by atoms with Crippen molar-refractivity contribution in [2.24, 2.45) is 5.73 Å². The molecule has 0 bridgehead atoms. The minimum absolute atomic E-state index is 0.0388. The van der Waals surface area contributed by atoms with Crippen LogP contribution in [0, 0.1) is 12.7 Å². The van der Waals surface area contributed by atoms with Crippen LogP contribution in [0.1, 0.15) is 11.1 Å². The number of benzene rings is 1. The lowest BCUT2D eigenvalue weighted by molar-refractivity contribution is -0.142. The lowest BCUT2D eigenvalue weighted by Gasteiger charge is -2.11. The summed E-state index contributed by atoms with van der Waals surface area (Å²) in [5, 5.41) is 9.65. The average Bonchev–Trinajstić information content (AvgIpc) is 2.23. The van der Waals surface area contributed by atoms with Gasteiger partial charge >= 0.3 is 5.97 Å². The molecule has 5 heteroatoms. The summed E-state index contributed by atoms with van der Waals surface area (Å²) in [6.45, 7) is 1.57. The van der Waals surface area contributed by atoms with Gasteiger partial charge in [0, 0.05) is 6.42 Å². The molecule has 3 N–H and O–H groups in total. The number of aromatic hydroxyl groups is 1. The topological polar surface area (TPSA) is 72.5 Å². The van der Waals surface area contributed by atoms with E-state index in [4.69, 9.17) is 5.73 Å². The van der Waals surface area contributed by atoms with Crippen molar-refractivity contribution in [3.63, 3.8) is 0 Å². The van der Waals surface area contributed by atoms with E-state index in [2.05, 4.69) is 4.74 Å². The number of phenols is 1. The van der Waals surface area contributed by atoms with Crippen LogP contribution in [0.25, 0.3) is 0 Å². The van der Waals surface area contributed by atoms with Crippen LogP contribution in [-0.4, -0.2) is 24.2 Å². The van der Waals surface area contributed by atoms with Crippen molar-refractivity contribution < 1.29 is 19.0 Å². The Labute approximate surface area is 92.8 Å². The predicted molar refractivity (Wildman–Crippen MR) is 56.5 cm³/mol. The zero-order chi connectivity index (χ0) is 12.3. The first kappa shape index (κ1) is 12.4. The third-order valence-electron chi connectivity index (χ3n) is 2.29. The summed E-state index contributed by atoms with van der Waals surface area (Å²) in [6.07, 6.45) is 0.0388. The summed E-state index contributed by atoms with van der Waals surface area (Å²) in [5.41, 5.74) is 6.23. The second-order valence-corrected chi connectivity index (χ2v) is 3.56. The van der Waals surface area contributed by atoms with Gasteiger partial charge in [-0.25, -0.2) is 4.39 Å². The molecule has 16 heavy (non-hydrogen) atoms. The maximum absolute atomic E-state index is 13.1. The zero-order valence-corrected chi connectivity index (χ0v) is 9.16. The molecule has 1 atom stereocenters. The van der Waals surface area contributed by atoms with Gasteiger partial charge in [-0.2, -0.15) is 0 Å². The molecule has 4 nitrogen and oxygen atoms in total. The van der Waals surface area contributed by atoms with Crippen molar-refractivity contribution in [3.8, 4) is 5.75 Å². The van der Waals surface area contributed by atoms with E-state index in [9.17, 15) is 14.3 Å². The highest BCUT2D eigenvalue weighted by atomic mass is 19.1. The Morgan fingerprint density at radius 1 is 1.62 bits per heavy atom. The Bertz CT molecular complexity index is 406. The van der Waals surface area contributed by atoms with Crippen LogP contribution in [-0.2, 0) is 16.0 Å². The standard InChI is InChI=1S/C11H14FNO3/c1-6-3-8(12)4-7(10(6)14)5-9(13)11(15)16-2/h3-4,9,14H,5,13H2,1-2H3. The fraction of sp³-hybridized carbons (Fsp3) is 0.364. The van der Waals surface area contributed by atoms with Crippen LogP contribution in [0.2, 0.25) is 0 Å². The van der Waals surface area contributed by atoms with Gasteiger partial charge < -0.3 is 15.6 Å². The summed E-state index contributed by atoms with van der Waals surface area (Å²) in [5.74, 6) is -1.11. The molecule has 0 aliphatic carbocycles. The van der Waals surface area contributed by atoms with Crippen LogP contribution < -0.4 is 5.73 Å². The molecule has 0 fully saturated rings. The minimum Gasteiger partial charge on any atom is -0.507 e. The molecular weight excluding hydrogens is 213 g/mol. The number of aryl methyl sites for hydroxylation is 1. The van der Waals surface area contributed by atoms with Crippen molar-refractivity contribution >= 4 is 5.97 Å². The summed E-state index contributed by atoms with van der Waals surface area (Å²) in [7, 11) is 1.22. The summed E-state index contributed by atoms with van der Waals surface area (Å²) < 4.78 is 17.5. The van der Waals surface area contributed by atoms with Gasteiger partial charge in [0.2, 0.25) is 0 Å². The smallest absolute Gasteiger partial charge is 0.322 e. The maximum atomic E-state index is 13.1. The lowest BCUT2D eigenvalue weighted by atomic mass is 10.0. The number of nitrogens with two attached hydrogens (primary N) is 1. The van der Waals surface area contributed by atoms with Crippen LogP contribution in [0.5, 0.6) is 5.75 Å². The minimum atomic E-state index is -0.905. The number of carbonyl (C=O) groups excluding carboxylic acids is 1. The predicted octanol–water partition coefficient (Wildman–Crippen LogP) is 0.883. The van der Waals surface area contributed by atoms with Crippen molar-refractivity contribution in [3.05, 3.63) is 29.1 Å². The molecule has 0 spiro atoms. The van der Waals surface area contributed by atoms with Crippen LogP contribution in [0.3, 0.4) is 0 Å². The van der Waals surface area contributed by atoms with E-state index in [1.165, 1.54) is 13.2 Å². The van der Waals surface area contributed by atoms with Gasteiger partial charge in [-0.05, 0) is 30.2 Å². The molecule has 0 radical (unpaired) electrons. The second-order valence-electron chi connectivity index (χ2n) is 3.56. The molecular formula is C11H14FNO3. The number of rotatable bonds is 3. The first-order valence-corrected chi connectivity index (χ1v) is 4.77. The Kier molecular flexibility index (Phi) is 3.84. The van der Waals surface area contributed by atoms with Gasteiger partial charge in [0.15, 0.2) is 0 Å². The molecule has 0 aliphatic heterocycles. The first-order valence-electron chi connectivity index (χ1n) is 4.77. The number of esters is 1. The van der Waals surface area contributed by atoms with E-state index in [1.807, 2.05) is 0 Å². The normalized spacial score (nSPS) is 12.2. The van der Waals surface area contributed by atoms with E-state index in [-0.39, 0.29) is 12.2 Å². The van der Waals surface area contributed by atoms with E-state index >= 15 is 0 Å². The molecule has 0 heterocycles. The molecule has 0 aliphatic rings. The van der Waals surface area contributed by atoms with Crippen LogP contribution >= 0.6 is 0 Å². The van der Waals surface area contributed by atoms with E-state index in [0.717, 1.165) is 6.07 Å². The number of phenolic OH excluding ortho intramolecular Hbond substituents is 1. The van der Waals surface area contributed by atoms with Crippen LogP contribution in [0.15, 0.2) is 12.1 Å². The number of hydrogen-bond donors (Lipinski definition) is 2. The molecule has 88 valence electrons. The highest BCUT2D eigenvalue weighted by Crippen LogP contribution is 2.24. The van der Waals surface area contributed by atoms with Gasteiger partial charge in [0.1, 0.15) is 17.6 Å². The SMILES string of the molecule is COC(=O)C(N)Cc1cc(F)cc(C)c1O. The molecule has 1 aromatic carbocycles. The summed E-state index contributed by atoms with van der Waals surface area (Å²) in [6, 6.07) is 1.46. The highest BCUT2D eigenvalue weighted by molar-refractivity contribution is 5.75. The van der Waals surface area contributed by atoms with E-state index in [0.29, 0.717) is 11.1 Å². The molecule has 1 unspecified atom stereocenters. The fourth-order valence-corrected chi connectivity index (χ4v) is 1.43. The molecule has 1 aromatic rings. The summed E-state index contributed by atoms with van der Waals surface area (Å²) >= 11 is 0. The average molecular weight is 227 g/mol. The lowest BCUT2D eigenvalue weighted by Crippen LogP contribution is -2.33. The molecule has 0 saturated carbocycles. The number of carbonyl (C=O) groups is 1. The van der Waals surface area contributed by atoms with Crippen molar-refractivity contribution in [1.82, 2.24) is 0 Å². The monoisotopic (exact) mass is 227 g/mol. The number of methoxy groups -OCH3 is 1. The Balaban J connectivity index is 2.93. The highest BCUT2D eigenvalue weighted by Gasteiger charge is 2.17. The van der Waals surface area contributed by atoms with Crippen molar-refractivity contribution in [2.75, 3.05) is 7.11 Å². The van der Waals surface area contributed by atoms with E-state index in [1.54, 1.807) is 6.92 Å². The fourth-order valence-electron chi connectivity index (χ4n) is 1.43. The van der Waals surface area contributed by atoms with Gasteiger partial charge in [0.05, 0.1) is 7.11 Å². The first-order chi connectivity index (χ1) is 7.45. The van der Waals surface area contributed by atoms with Gasteiger partial charge in [-0.1, -0.05) is 0 Å². The molecule has 0 aromatic heterocycles. The molecule has 1 rings (SSSR count). The van der Waals surface area contributed by atoms with Crippen molar-refractivity contribution in [1.29, 1.82) is 0 Å². The van der Waals surface area contributed by atoms with Gasteiger partial charge in [0.25, 0.3) is 0 Å². The van der Waals surface area contributed by atoms with Gasteiger partial charge in [-0.15, -0.1) is 0 Å². The Morgan fingerprint density at radius 3 is 2.81 bits per heavy atom. The number of ether oxygens (including phenoxy) is 1. The summed E-state index contributed by atoms with van der Waals surface area (Å²) in [4.78, 5) is 11.1. The zero-order valence-electron chi connectivity index (χ0n) is 9.16. The van der Waals surface area contributed by atoms with Gasteiger partial charge in [-0.3, -0.25) is 4.79 Å². The molecule has 0 saturated heterocycles. The molecule has 0 amide bonds. The maximum Gasteiger partial charge on any atom is 0.322 e. The van der Waals surface area contributed by atoms with Crippen LogP contribution in [0.4, 0.5) is 4.39 Å². The largest absolute Gasteiger partial charge is 0.507 e. The van der Waals surface area contributed by atoms with Crippen molar-refractivity contribution in [2.45, 2.75) is 19.4 Å². The number of halogens is 1.